The number of aromatic nitrogens is 1. The molecule has 0 spiro atoms. The molecule has 144 valence electrons. The molecule has 1 heterocycles. The molecule has 29 heavy (non-hydrogen) atoms. The molecule has 0 unspecified atom stereocenters. The van der Waals surface area contributed by atoms with Crippen molar-refractivity contribution in [1.29, 1.82) is 0 Å². The molecule has 1 aromatic heterocycles. The summed E-state index contributed by atoms with van der Waals surface area (Å²) in [6.45, 7) is 2.01. The van der Waals surface area contributed by atoms with Crippen LogP contribution in [0, 0.1) is 6.92 Å². The molecule has 0 aliphatic carbocycles. The van der Waals surface area contributed by atoms with Crippen molar-refractivity contribution in [2.24, 2.45) is 0 Å². The number of benzene rings is 3. The van der Waals surface area contributed by atoms with Crippen molar-refractivity contribution in [3.8, 4) is 11.5 Å². The summed E-state index contributed by atoms with van der Waals surface area (Å²) in [5.41, 5.74) is 4.75. The van der Waals surface area contributed by atoms with E-state index in [1.807, 2.05) is 49.4 Å². The number of nitrogens with zero attached hydrogens (tertiary/aromatic N) is 1. The maximum Gasteiger partial charge on any atom is 0.257 e. The van der Waals surface area contributed by atoms with Gasteiger partial charge in [-0.15, -0.1) is 0 Å². The third-order valence-electron chi connectivity index (χ3n) is 4.27. The molecule has 5 nitrogen and oxygen atoms in total. The number of anilines is 1. The zero-order valence-electron chi connectivity index (χ0n) is 15.4. The SMILES string of the molecule is Cc1ccc2nc(-c3ccc(NC(=S)NC(=O)c4ccc(Cl)cc4)cc3)oc2c1. The second-order valence-electron chi connectivity index (χ2n) is 6.48. The number of carbonyl (C=O) groups excluding carboxylic acids is 1. The van der Waals surface area contributed by atoms with E-state index in [4.69, 9.17) is 28.2 Å². The molecule has 7 heteroatoms. The van der Waals surface area contributed by atoms with Crippen LogP contribution >= 0.6 is 23.8 Å². The van der Waals surface area contributed by atoms with Gasteiger partial charge in [0.05, 0.1) is 0 Å². The van der Waals surface area contributed by atoms with Crippen molar-refractivity contribution in [1.82, 2.24) is 10.3 Å². The number of hydrogen-bond donors (Lipinski definition) is 2. The van der Waals surface area contributed by atoms with Crippen LogP contribution in [0.4, 0.5) is 5.69 Å². The maximum absolute atomic E-state index is 12.2. The summed E-state index contributed by atoms with van der Waals surface area (Å²) in [4.78, 5) is 16.7. The van der Waals surface area contributed by atoms with Crippen LogP contribution < -0.4 is 10.6 Å². The predicted octanol–water partition coefficient (Wildman–Crippen LogP) is 5.58. The topological polar surface area (TPSA) is 67.2 Å². The third-order valence-corrected chi connectivity index (χ3v) is 4.72. The van der Waals surface area contributed by atoms with E-state index in [1.54, 1.807) is 24.3 Å². The van der Waals surface area contributed by atoms with Crippen molar-refractivity contribution >= 4 is 51.6 Å². The minimum Gasteiger partial charge on any atom is -0.436 e. The lowest BCUT2D eigenvalue weighted by atomic mass is 10.2. The van der Waals surface area contributed by atoms with E-state index in [1.165, 1.54) is 0 Å². The fourth-order valence-corrected chi connectivity index (χ4v) is 3.13. The van der Waals surface area contributed by atoms with E-state index < -0.39 is 0 Å². The molecule has 1 amide bonds. The monoisotopic (exact) mass is 421 g/mol. The Morgan fingerprint density at radius 2 is 1.76 bits per heavy atom. The van der Waals surface area contributed by atoms with Gasteiger partial charge in [0, 0.05) is 21.8 Å². The van der Waals surface area contributed by atoms with Crippen LogP contribution in [-0.4, -0.2) is 16.0 Å². The standard InChI is InChI=1S/C22H16ClN3O2S/c1-13-2-11-18-19(12-13)28-21(25-18)15-5-9-17(10-6-15)24-22(29)26-20(27)14-3-7-16(23)8-4-14/h2-12H,1H3,(H2,24,26,27,29). The first-order chi connectivity index (χ1) is 14.0. The molecule has 0 aliphatic rings. The van der Waals surface area contributed by atoms with Crippen molar-refractivity contribution in [2.45, 2.75) is 6.92 Å². The second-order valence-corrected chi connectivity index (χ2v) is 7.33. The average Bonchev–Trinajstić information content (AvgIpc) is 3.12. The summed E-state index contributed by atoms with van der Waals surface area (Å²) < 4.78 is 5.84. The molecular weight excluding hydrogens is 406 g/mol. The molecule has 4 aromatic rings. The van der Waals surface area contributed by atoms with Gasteiger partial charge in [-0.3, -0.25) is 10.1 Å². The lowest BCUT2D eigenvalue weighted by molar-refractivity contribution is 0.0977. The van der Waals surface area contributed by atoms with Gasteiger partial charge >= 0.3 is 0 Å². The highest BCUT2D eigenvalue weighted by atomic mass is 35.5. The Kier molecular flexibility index (Phi) is 5.29. The normalized spacial score (nSPS) is 10.7. The first-order valence-corrected chi connectivity index (χ1v) is 9.62. The summed E-state index contributed by atoms with van der Waals surface area (Å²) >= 11 is 11.1. The Hall–Kier alpha value is -3.22. The third kappa shape index (κ3) is 4.45. The first kappa shape index (κ1) is 19.1. The highest BCUT2D eigenvalue weighted by molar-refractivity contribution is 7.80. The molecule has 2 N–H and O–H groups in total. The minimum absolute atomic E-state index is 0.204. The van der Waals surface area contributed by atoms with Crippen molar-refractivity contribution in [3.63, 3.8) is 0 Å². The van der Waals surface area contributed by atoms with Gasteiger partial charge in [-0.1, -0.05) is 17.7 Å². The Morgan fingerprint density at radius 1 is 1.03 bits per heavy atom. The van der Waals surface area contributed by atoms with Crippen molar-refractivity contribution in [3.05, 3.63) is 82.9 Å². The first-order valence-electron chi connectivity index (χ1n) is 8.83. The smallest absolute Gasteiger partial charge is 0.257 e. The van der Waals surface area contributed by atoms with Gasteiger partial charge in [-0.25, -0.2) is 4.98 Å². The van der Waals surface area contributed by atoms with Gasteiger partial charge in [-0.2, -0.15) is 0 Å². The molecule has 0 saturated heterocycles. The predicted molar refractivity (Wildman–Crippen MR) is 119 cm³/mol. The molecule has 0 radical (unpaired) electrons. The van der Waals surface area contributed by atoms with Crippen LogP contribution in [0.1, 0.15) is 15.9 Å². The molecule has 0 aliphatic heterocycles. The van der Waals surface area contributed by atoms with E-state index >= 15 is 0 Å². The number of oxazole rings is 1. The lowest BCUT2D eigenvalue weighted by Gasteiger charge is -2.10. The zero-order chi connectivity index (χ0) is 20.4. The number of carbonyl (C=O) groups is 1. The van der Waals surface area contributed by atoms with Crippen LogP contribution in [0.3, 0.4) is 0 Å². The summed E-state index contributed by atoms with van der Waals surface area (Å²) in [6, 6.07) is 19.9. The largest absolute Gasteiger partial charge is 0.436 e. The van der Waals surface area contributed by atoms with E-state index in [0.717, 1.165) is 27.9 Å². The number of aryl methyl sites for hydroxylation is 1. The van der Waals surface area contributed by atoms with Gasteiger partial charge in [-0.05, 0) is 85.4 Å². The Labute approximate surface area is 177 Å². The minimum atomic E-state index is -0.308. The number of halogens is 1. The number of rotatable bonds is 3. The lowest BCUT2D eigenvalue weighted by Crippen LogP contribution is -2.34. The van der Waals surface area contributed by atoms with E-state index in [-0.39, 0.29) is 11.0 Å². The second kappa shape index (κ2) is 8.03. The van der Waals surface area contributed by atoms with Gasteiger partial charge in [0.1, 0.15) is 5.52 Å². The van der Waals surface area contributed by atoms with Crippen LogP contribution in [-0.2, 0) is 0 Å². The Bertz CT molecular complexity index is 1200. The van der Waals surface area contributed by atoms with Gasteiger partial charge in [0.15, 0.2) is 10.7 Å². The zero-order valence-corrected chi connectivity index (χ0v) is 17.0. The Balaban J connectivity index is 1.42. The summed E-state index contributed by atoms with van der Waals surface area (Å²) in [7, 11) is 0. The molecule has 0 saturated carbocycles. The number of nitrogens with one attached hydrogen (secondary N) is 2. The van der Waals surface area contributed by atoms with Crippen LogP contribution in [0.5, 0.6) is 0 Å². The van der Waals surface area contributed by atoms with E-state index in [2.05, 4.69) is 15.6 Å². The van der Waals surface area contributed by atoms with Crippen LogP contribution in [0.25, 0.3) is 22.6 Å². The van der Waals surface area contributed by atoms with E-state index in [0.29, 0.717) is 16.5 Å². The average molecular weight is 422 g/mol. The maximum atomic E-state index is 12.2. The molecule has 0 bridgehead atoms. The molecule has 3 aromatic carbocycles. The summed E-state index contributed by atoms with van der Waals surface area (Å²) in [5, 5.41) is 6.40. The van der Waals surface area contributed by atoms with Crippen LogP contribution in [0.15, 0.2) is 71.1 Å². The Morgan fingerprint density at radius 3 is 2.48 bits per heavy atom. The fourth-order valence-electron chi connectivity index (χ4n) is 2.79. The summed E-state index contributed by atoms with van der Waals surface area (Å²) in [6.07, 6.45) is 0. The van der Waals surface area contributed by atoms with Crippen molar-refractivity contribution < 1.29 is 9.21 Å². The molecular formula is C22H16ClN3O2S. The quantitative estimate of drug-likeness (QED) is 0.422. The summed E-state index contributed by atoms with van der Waals surface area (Å²) in [5.74, 6) is 0.244. The number of hydrogen-bond acceptors (Lipinski definition) is 4. The van der Waals surface area contributed by atoms with Crippen LogP contribution in [0.2, 0.25) is 5.02 Å². The van der Waals surface area contributed by atoms with Gasteiger partial charge in [0.25, 0.3) is 5.91 Å². The highest BCUT2D eigenvalue weighted by Gasteiger charge is 2.10. The number of fused-ring (bicyclic) bond motifs is 1. The molecule has 4 rings (SSSR count). The van der Waals surface area contributed by atoms with Gasteiger partial charge in [0.2, 0.25) is 5.89 Å². The number of thiocarbonyl (C=S) groups is 1. The highest BCUT2D eigenvalue weighted by Crippen LogP contribution is 2.26. The molecule has 0 fully saturated rings. The number of amides is 1. The van der Waals surface area contributed by atoms with Crippen molar-refractivity contribution in [2.75, 3.05) is 5.32 Å². The van der Waals surface area contributed by atoms with E-state index in [9.17, 15) is 4.79 Å². The molecule has 0 atom stereocenters. The fraction of sp³-hybridized carbons (Fsp3) is 0.0455. The van der Waals surface area contributed by atoms with Gasteiger partial charge < -0.3 is 9.73 Å².